The predicted molar refractivity (Wildman–Crippen MR) is 49.3 cm³/mol. The first-order valence-electron chi connectivity index (χ1n) is 4.33. The molecule has 1 rings (SSSR count). The third-order valence-electron chi connectivity index (χ3n) is 1.97. The molecule has 0 heterocycles. The number of aliphatic hydroxyl groups excluding tert-OH is 1. The van der Waals surface area contributed by atoms with E-state index in [1.807, 2.05) is 6.92 Å². The highest BCUT2D eigenvalue weighted by Crippen LogP contribution is 2.26. The molecule has 3 N–H and O–H groups in total. The molecule has 3 nitrogen and oxygen atoms in total. The molecule has 0 aromatic heterocycles. The maximum absolute atomic E-state index is 9.45. The van der Waals surface area contributed by atoms with E-state index in [1.54, 1.807) is 18.2 Å². The summed E-state index contributed by atoms with van der Waals surface area (Å²) in [5, 5.41) is 27.4. The smallest absolute Gasteiger partial charge is 0.178 e. The van der Waals surface area contributed by atoms with E-state index in [2.05, 4.69) is 0 Å². The molecule has 0 aliphatic carbocycles. The number of hydrogen-bond donors (Lipinski definition) is 3. The van der Waals surface area contributed by atoms with E-state index in [-0.39, 0.29) is 5.75 Å². The number of aromatic hydroxyl groups is 1. The van der Waals surface area contributed by atoms with E-state index >= 15 is 0 Å². The van der Waals surface area contributed by atoms with Crippen LogP contribution >= 0.6 is 0 Å². The van der Waals surface area contributed by atoms with Crippen LogP contribution in [-0.4, -0.2) is 15.3 Å². The number of phenolic OH excluding ortho intramolecular Hbond substituents is 1. The van der Waals surface area contributed by atoms with E-state index in [4.69, 9.17) is 10.2 Å². The van der Waals surface area contributed by atoms with Gasteiger partial charge in [-0.2, -0.15) is 0 Å². The van der Waals surface area contributed by atoms with Gasteiger partial charge in [-0.05, 0) is 12.5 Å². The molecule has 13 heavy (non-hydrogen) atoms. The van der Waals surface area contributed by atoms with Crippen molar-refractivity contribution >= 4 is 0 Å². The zero-order valence-corrected chi connectivity index (χ0v) is 7.57. The Balaban J connectivity index is 3.09. The fraction of sp³-hybridized carbons (Fsp3) is 0.400. The Morgan fingerprint density at radius 1 is 1.31 bits per heavy atom. The second kappa shape index (κ2) is 4.25. The summed E-state index contributed by atoms with van der Waals surface area (Å²) < 4.78 is 0. The maximum atomic E-state index is 9.45. The molecule has 0 fully saturated rings. The Morgan fingerprint density at radius 3 is 2.54 bits per heavy atom. The fourth-order valence-electron chi connectivity index (χ4n) is 1.36. The lowest BCUT2D eigenvalue weighted by Gasteiger charge is -2.11. The van der Waals surface area contributed by atoms with Gasteiger partial charge < -0.3 is 15.3 Å². The average Bonchev–Trinajstić information content (AvgIpc) is 2.08. The van der Waals surface area contributed by atoms with Gasteiger partial charge in [0.2, 0.25) is 0 Å². The van der Waals surface area contributed by atoms with Gasteiger partial charge in [-0.25, -0.2) is 0 Å². The molecule has 0 aliphatic heterocycles. The third-order valence-corrected chi connectivity index (χ3v) is 1.97. The molecule has 0 aliphatic rings. The highest BCUT2D eigenvalue weighted by Gasteiger charge is 2.11. The molecule has 1 aromatic rings. The molecular weight excluding hydrogens is 168 g/mol. The van der Waals surface area contributed by atoms with Gasteiger partial charge in [-0.15, -0.1) is 0 Å². The Bertz CT molecular complexity index is 281. The second-order valence-corrected chi connectivity index (χ2v) is 2.97. The zero-order valence-electron chi connectivity index (χ0n) is 7.57. The van der Waals surface area contributed by atoms with Gasteiger partial charge in [0.25, 0.3) is 0 Å². The van der Waals surface area contributed by atoms with Crippen molar-refractivity contribution in [1.82, 2.24) is 0 Å². The summed E-state index contributed by atoms with van der Waals surface area (Å²) in [6, 6.07) is 4.76. The van der Waals surface area contributed by atoms with E-state index in [0.29, 0.717) is 17.5 Å². The summed E-state index contributed by atoms with van der Waals surface area (Å²) in [5.74, 6) is 0.132. The monoisotopic (exact) mass is 182 g/mol. The van der Waals surface area contributed by atoms with Crippen molar-refractivity contribution in [2.45, 2.75) is 26.1 Å². The average molecular weight is 182 g/mol. The van der Waals surface area contributed by atoms with Crippen molar-refractivity contribution in [3.05, 3.63) is 29.3 Å². The van der Waals surface area contributed by atoms with Crippen LogP contribution in [0.3, 0.4) is 0 Å². The molecule has 0 saturated carbocycles. The van der Waals surface area contributed by atoms with E-state index in [1.165, 1.54) is 0 Å². The normalized spacial score (nSPS) is 10.8. The van der Waals surface area contributed by atoms with Crippen LogP contribution in [0.25, 0.3) is 0 Å². The summed E-state index contributed by atoms with van der Waals surface area (Å²) in [6.07, 6.45) is 0.00495. The van der Waals surface area contributed by atoms with Crippen LogP contribution in [0, 0.1) is 0 Å². The van der Waals surface area contributed by atoms with Crippen LogP contribution in [0.4, 0.5) is 0 Å². The molecule has 1 aromatic carbocycles. The Morgan fingerprint density at radius 2 is 2.00 bits per heavy atom. The predicted octanol–water partition coefficient (Wildman–Crippen LogP) is 1.33. The summed E-state index contributed by atoms with van der Waals surface area (Å²) >= 11 is 0. The molecule has 0 amide bonds. The van der Waals surface area contributed by atoms with Crippen LogP contribution in [0.5, 0.6) is 5.75 Å². The largest absolute Gasteiger partial charge is 0.508 e. The highest BCUT2D eigenvalue weighted by atomic mass is 16.5. The van der Waals surface area contributed by atoms with E-state index in [9.17, 15) is 5.11 Å². The van der Waals surface area contributed by atoms with Crippen molar-refractivity contribution in [3.8, 4) is 5.75 Å². The maximum Gasteiger partial charge on any atom is 0.178 e. The van der Waals surface area contributed by atoms with Crippen molar-refractivity contribution in [2.24, 2.45) is 0 Å². The lowest BCUT2D eigenvalue weighted by molar-refractivity contribution is -0.0432. The van der Waals surface area contributed by atoms with Crippen molar-refractivity contribution in [2.75, 3.05) is 0 Å². The first kappa shape index (κ1) is 10.0. The minimum absolute atomic E-state index is 0.132. The topological polar surface area (TPSA) is 60.7 Å². The third kappa shape index (κ3) is 2.20. The Labute approximate surface area is 77.3 Å². The van der Waals surface area contributed by atoms with Crippen molar-refractivity contribution in [3.63, 3.8) is 0 Å². The lowest BCUT2D eigenvalue weighted by Crippen LogP contribution is -2.00. The molecule has 0 saturated heterocycles. The number of phenols is 1. The highest BCUT2D eigenvalue weighted by molar-refractivity contribution is 5.39. The van der Waals surface area contributed by atoms with Crippen molar-refractivity contribution in [1.29, 1.82) is 0 Å². The summed E-state index contributed by atoms with van der Waals surface area (Å²) in [6.45, 7) is 1.97. The van der Waals surface area contributed by atoms with Crippen LogP contribution in [0.1, 0.15) is 30.8 Å². The molecule has 0 radical (unpaired) electrons. The van der Waals surface area contributed by atoms with Crippen LogP contribution in [0.2, 0.25) is 0 Å². The van der Waals surface area contributed by atoms with Gasteiger partial charge in [0.05, 0.1) is 0 Å². The van der Waals surface area contributed by atoms with Gasteiger partial charge in [-0.3, -0.25) is 0 Å². The fourth-order valence-corrected chi connectivity index (χ4v) is 1.36. The van der Waals surface area contributed by atoms with E-state index < -0.39 is 6.29 Å². The molecule has 0 spiro atoms. The van der Waals surface area contributed by atoms with E-state index in [0.717, 1.165) is 6.42 Å². The minimum Gasteiger partial charge on any atom is -0.508 e. The summed E-state index contributed by atoms with van der Waals surface area (Å²) in [4.78, 5) is 0. The first-order chi connectivity index (χ1) is 6.16. The SMILES string of the molecule is CCCc1c(O)cccc1C(O)O. The number of benzene rings is 1. The van der Waals surface area contributed by atoms with Crippen LogP contribution < -0.4 is 0 Å². The van der Waals surface area contributed by atoms with Crippen molar-refractivity contribution < 1.29 is 15.3 Å². The molecule has 0 bridgehead atoms. The minimum atomic E-state index is -1.51. The van der Waals surface area contributed by atoms with Crippen LogP contribution in [-0.2, 0) is 6.42 Å². The quantitative estimate of drug-likeness (QED) is 0.618. The van der Waals surface area contributed by atoms with Gasteiger partial charge >= 0.3 is 0 Å². The summed E-state index contributed by atoms with van der Waals surface area (Å²) in [5.41, 5.74) is 1.02. The molecule has 0 unspecified atom stereocenters. The van der Waals surface area contributed by atoms with Gasteiger partial charge in [0.15, 0.2) is 6.29 Å². The molecule has 72 valence electrons. The number of aliphatic hydroxyl groups is 2. The summed E-state index contributed by atoms with van der Waals surface area (Å²) in [7, 11) is 0. The molecule has 3 heteroatoms. The Kier molecular flexibility index (Phi) is 3.28. The van der Waals surface area contributed by atoms with Gasteiger partial charge in [0.1, 0.15) is 5.75 Å². The lowest BCUT2D eigenvalue weighted by atomic mass is 10.0. The molecular formula is C10H14O3. The zero-order chi connectivity index (χ0) is 9.84. The van der Waals surface area contributed by atoms with Crippen LogP contribution in [0.15, 0.2) is 18.2 Å². The second-order valence-electron chi connectivity index (χ2n) is 2.97. The Hall–Kier alpha value is -1.06. The van der Waals surface area contributed by atoms with Gasteiger partial charge in [0, 0.05) is 11.1 Å². The number of hydrogen-bond acceptors (Lipinski definition) is 3. The molecule has 0 atom stereocenters. The number of rotatable bonds is 3. The van der Waals surface area contributed by atoms with Gasteiger partial charge in [-0.1, -0.05) is 25.5 Å². The first-order valence-corrected chi connectivity index (χ1v) is 4.33. The standard InChI is InChI=1S/C10H14O3/c1-2-4-7-8(10(12)13)5-3-6-9(7)11/h3,5-6,10-13H,2,4H2,1H3.